The van der Waals surface area contributed by atoms with Gasteiger partial charge in [0.2, 0.25) is 0 Å². The Bertz CT molecular complexity index is 207. The van der Waals surface area contributed by atoms with E-state index >= 15 is 0 Å². The van der Waals surface area contributed by atoms with Crippen molar-refractivity contribution in [2.45, 2.75) is 57.5 Å². The molecule has 2 fully saturated rings. The molecule has 16 heavy (non-hydrogen) atoms. The van der Waals surface area contributed by atoms with Gasteiger partial charge in [0.05, 0.1) is 0 Å². The summed E-state index contributed by atoms with van der Waals surface area (Å²) in [4.78, 5) is 2.71. The second-order valence-corrected chi connectivity index (χ2v) is 6.04. The molecule has 2 atom stereocenters. The summed E-state index contributed by atoms with van der Waals surface area (Å²) in [7, 11) is 4.45. The summed E-state index contributed by atoms with van der Waals surface area (Å²) in [6.45, 7) is 3.61. The molecule has 0 aromatic heterocycles. The molecule has 94 valence electrons. The first-order valence-electron chi connectivity index (χ1n) is 7.09. The van der Waals surface area contributed by atoms with Crippen molar-refractivity contribution in [2.75, 3.05) is 20.6 Å². The standard InChI is InChI=1S/C14H28N2/c1-11-4-7-13(8-5-11)16(3)14-9-6-12(14)10-15-2/h11-15H,4-10H2,1-3H3. The van der Waals surface area contributed by atoms with Crippen LogP contribution in [0.25, 0.3) is 0 Å². The van der Waals surface area contributed by atoms with E-state index in [-0.39, 0.29) is 0 Å². The van der Waals surface area contributed by atoms with Gasteiger partial charge in [-0.1, -0.05) is 6.92 Å². The molecule has 0 aliphatic heterocycles. The first-order chi connectivity index (χ1) is 7.72. The Hall–Kier alpha value is -0.0800. The summed E-state index contributed by atoms with van der Waals surface area (Å²) < 4.78 is 0. The average Bonchev–Trinajstić information content (AvgIpc) is 2.25. The molecule has 2 rings (SSSR count). The number of hydrogen-bond donors (Lipinski definition) is 1. The van der Waals surface area contributed by atoms with E-state index < -0.39 is 0 Å². The van der Waals surface area contributed by atoms with Crippen LogP contribution < -0.4 is 5.32 Å². The largest absolute Gasteiger partial charge is 0.319 e. The van der Waals surface area contributed by atoms with Gasteiger partial charge in [-0.25, -0.2) is 0 Å². The molecule has 0 bridgehead atoms. The molecule has 2 aliphatic carbocycles. The summed E-state index contributed by atoms with van der Waals surface area (Å²) >= 11 is 0. The first kappa shape index (κ1) is 12.4. The summed E-state index contributed by atoms with van der Waals surface area (Å²) in [6.07, 6.45) is 8.60. The maximum Gasteiger partial charge on any atom is 0.0136 e. The van der Waals surface area contributed by atoms with E-state index in [9.17, 15) is 0 Å². The fourth-order valence-electron chi connectivity index (χ4n) is 3.51. The Labute approximate surface area is 101 Å². The molecule has 2 saturated carbocycles. The highest BCUT2D eigenvalue weighted by molar-refractivity contribution is 4.92. The average molecular weight is 224 g/mol. The number of nitrogens with one attached hydrogen (secondary N) is 1. The molecule has 0 aromatic rings. The van der Waals surface area contributed by atoms with Crippen molar-refractivity contribution in [3.05, 3.63) is 0 Å². The second-order valence-electron chi connectivity index (χ2n) is 6.04. The number of rotatable bonds is 4. The molecule has 1 N–H and O–H groups in total. The van der Waals surface area contributed by atoms with Crippen molar-refractivity contribution >= 4 is 0 Å². The Morgan fingerprint density at radius 3 is 2.25 bits per heavy atom. The molecule has 0 heterocycles. The van der Waals surface area contributed by atoms with E-state index in [2.05, 4.69) is 31.2 Å². The monoisotopic (exact) mass is 224 g/mol. The van der Waals surface area contributed by atoms with Gasteiger partial charge < -0.3 is 10.2 Å². The summed E-state index contributed by atoms with van der Waals surface area (Å²) in [5.74, 6) is 1.88. The molecule has 2 heteroatoms. The maximum atomic E-state index is 3.34. The van der Waals surface area contributed by atoms with Gasteiger partial charge in [-0.05, 0) is 71.0 Å². The number of hydrogen-bond acceptors (Lipinski definition) is 2. The molecule has 2 unspecified atom stereocenters. The Balaban J connectivity index is 1.80. The molecule has 0 radical (unpaired) electrons. The number of nitrogens with zero attached hydrogens (tertiary/aromatic N) is 1. The lowest BCUT2D eigenvalue weighted by Crippen LogP contribution is -2.52. The Morgan fingerprint density at radius 2 is 1.75 bits per heavy atom. The zero-order valence-corrected chi connectivity index (χ0v) is 11.2. The summed E-state index contributed by atoms with van der Waals surface area (Å²) in [5, 5.41) is 3.34. The van der Waals surface area contributed by atoms with Crippen LogP contribution in [0.15, 0.2) is 0 Å². The quantitative estimate of drug-likeness (QED) is 0.789. The van der Waals surface area contributed by atoms with Crippen LogP contribution in [0.4, 0.5) is 0 Å². The van der Waals surface area contributed by atoms with Crippen LogP contribution in [-0.4, -0.2) is 37.6 Å². The molecule has 2 nitrogen and oxygen atoms in total. The fraction of sp³-hybridized carbons (Fsp3) is 1.00. The zero-order chi connectivity index (χ0) is 11.5. The van der Waals surface area contributed by atoms with Crippen LogP contribution in [0, 0.1) is 11.8 Å². The van der Waals surface area contributed by atoms with Crippen molar-refractivity contribution in [1.82, 2.24) is 10.2 Å². The van der Waals surface area contributed by atoms with Crippen molar-refractivity contribution in [3.8, 4) is 0 Å². The first-order valence-corrected chi connectivity index (χ1v) is 7.09. The van der Waals surface area contributed by atoms with Crippen molar-refractivity contribution < 1.29 is 0 Å². The minimum absolute atomic E-state index is 0.867. The highest BCUT2D eigenvalue weighted by atomic mass is 15.2. The molecule has 2 aliphatic rings. The van der Waals surface area contributed by atoms with Gasteiger partial charge >= 0.3 is 0 Å². The SMILES string of the molecule is CNCC1CCC1N(C)C1CCC(C)CC1. The normalized spacial score (nSPS) is 39.8. The van der Waals surface area contributed by atoms with Gasteiger partial charge in [0.25, 0.3) is 0 Å². The Morgan fingerprint density at radius 1 is 1.06 bits per heavy atom. The molecule has 0 aromatic carbocycles. The lowest BCUT2D eigenvalue weighted by Gasteiger charge is -2.47. The topological polar surface area (TPSA) is 15.3 Å². The minimum Gasteiger partial charge on any atom is -0.319 e. The van der Waals surface area contributed by atoms with Crippen LogP contribution in [0.1, 0.15) is 45.4 Å². The van der Waals surface area contributed by atoms with Gasteiger partial charge in [-0.2, -0.15) is 0 Å². The van der Waals surface area contributed by atoms with Crippen LogP contribution >= 0.6 is 0 Å². The second kappa shape index (κ2) is 5.50. The lowest BCUT2D eigenvalue weighted by atomic mass is 9.76. The smallest absolute Gasteiger partial charge is 0.0136 e. The van der Waals surface area contributed by atoms with E-state index in [0.29, 0.717) is 0 Å². The lowest BCUT2D eigenvalue weighted by molar-refractivity contribution is 0.0320. The van der Waals surface area contributed by atoms with Gasteiger partial charge in [0.15, 0.2) is 0 Å². The molecular formula is C14H28N2. The summed E-state index contributed by atoms with van der Waals surface area (Å²) in [6, 6.07) is 1.74. The van der Waals surface area contributed by atoms with Crippen LogP contribution in [-0.2, 0) is 0 Å². The predicted octanol–water partition coefficient (Wildman–Crippen LogP) is 2.49. The van der Waals surface area contributed by atoms with Crippen molar-refractivity contribution in [2.24, 2.45) is 11.8 Å². The van der Waals surface area contributed by atoms with Gasteiger partial charge in [0, 0.05) is 12.1 Å². The van der Waals surface area contributed by atoms with E-state index in [4.69, 9.17) is 0 Å². The van der Waals surface area contributed by atoms with Crippen LogP contribution in [0.2, 0.25) is 0 Å². The van der Waals surface area contributed by atoms with Gasteiger partial charge in [-0.3, -0.25) is 0 Å². The third kappa shape index (κ3) is 2.60. The third-order valence-electron chi connectivity index (χ3n) is 4.93. The maximum absolute atomic E-state index is 3.34. The van der Waals surface area contributed by atoms with E-state index in [0.717, 1.165) is 23.9 Å². The minimum atomic E-state index is 0.867. The third-order valence-corrected chi connectivity index (χ3v) is 4.93. The van der Waals surface area contributed by atoms with E-state index in [1.54, 1.807) is 0 Å². The molecule has 0 amide bonds. The molecule has 0 spiro atoms. The van der Waals surface area contributed by atoms with E-state index in [1.165, 1.54) is 45.1 Å². The highest BCUT2D eigenvalue weighted by Crippen LogP contribution is 2.35. The molecular weight excluding hydrogens is 196 g/mol. The van der Waals surface area contributed by atoms with E-state index in [1.807, 2.05) is 0 Å². The Kier molecular flexibility index (Phi) is 4.26. The predicted molar refractivity (Wildman–Crippen MR) is 69.6 cm³/mol. The highest BCUT2D eigenvalue weighted by Gasteiger charge is 2.36. The van der Waals surface area contributed by atoms with Gasteiger partial charge in [-0.15, -0.1) is 0 Å². The van der Waals surface area contributed by atoms with Crippen LogP contribution in [0.5, 0.6) is 0 Å². The zero-order valence-electron chi connectivity index (χ0n) is 11.2. The van der Waals surface area contributed by atoms with Crippen molar-refractivity contribution in [1.29, 1.82) is 0 Å². The summed E-state index contributed by atoms with van der Waals surface area (Å²) in [5.41, 5.74) is 0. The molecule has 0 saturated heterocycles. The van der Waals surface area contributed by atoms with Crippen LogP contribution in [0.3, 0.4) is 0 Å². The van der Waals surface area contributed by atoms with Gasteiger partial charge in [0.1, 0.15) is 0 Å². The van der Waals surface area contributed by atoms with Crippen molar-refractivity contribution in [3.63, 3.8) is 0 Å². The fourth-order valence-corrected chi connectivity index (χ4v) is 3.51.